The third-order valence-corrected chi connectivity index (χ3v) is 4.04. The predicted octanol–water partition coefficient (Wildman–Crippen LogP) is 2.89. The molecule has 0 unspecified atom stereocenters. The van der Waals surface area contributed by atoms with Gasteiger partial charge in [0.25, 0.3) is 5.91 Å². The zero-order valence-electron chi connectivity index (χ0n) is 16.0. The van der Waals surface area contributed by atoms with Gasteiger partial charge in [-0.3, -0.25) is 4.79 Å². The van der Waals surface area contributed by atoms with Crippen LogP contribution in [-0.4, -0.2) is 29.2 Å². The first-order valence-electron chi connectivity index (χ1n) is 8.82. The van der Waals surface area contributed by atoms with Crippen molar-refractivity contribution in [3.63, 3.8) is 0 Å². The Morgan fingerprint density at radius 3 is 2.69 bits per heavy atom. The molecule has 2 aromatic carbocycles. The van der Waals surface area contributed by atoms with E-state index in [9.17, 15) is 4.79 Å². The summed E-state index contributed by atoms with van der Waals surface area (Å²) in [4.78, 5) is 20.4. The van der Waals surface area contributed by atoms with Gasteiger partial charge in [0.1, 0.15) is 13.0 Å². The lowest BCUT2D eigenvalue weighted by Gasteiger charge is -2.12. The lowest BCUT2D eigenvalue weighted by atomic mass is 10.2. The lowest BCUT2D eigenvalue weighted by molar-refractivity contribution is -0.120. The Balaban J connectivity index is 1.71. The zero-order chi connectivity index (χ0) is 20.6. The zero-order valence-corrected chi connectivity index (χ0v) is 16.0. The number of nitrogens with zero attached hydrogens (tertiary/aromatic N) is 4. The van der Waals surface area contributed by atoms with Gasteiger partial charge in [-0.15, -0.1) is 0 Å². The number of hydrogen-bond acceptors (Lipinski definition) is 7. The summed E-state index contributed by atoms with van der Waals surface area (Å²) in [5, 5.41) is 12.3. The van der Waals surface area contributed by atoms with Crippen molar-refractivity contribution in [2.75, 3.05) is 7.11 Å². The van der Waals surface area contributed by atoms with Gasteiger partial charge in [-0.25, -0.2) is 15.4 Å². The summed E-state index contributed by atoms with van der Waals surface area (Å²) in [6.45, 7) is 2.15. The molecule has 0 fully saturated rings. The molecule has 0 radical (unpaired) electrons. The van der Waals surface area contributed by atoms with E-state index in [-0.39, 0.29) is 13.0 Å². The van der Waals surface area contributed by atoms with Crippen LogP contribution in [0.15, 0.2) is 47.6 Å². The van der Waals surface area contributed by atoms with E-state index in [0.29, 0.717) is 17.1 Å². The highest BCUT2D eigenvalue weighted by Gasteiger charge is 2.09. The Kier molecular flexibility index (Phi) is 6.32. The van der Waals surface area contributed by atoms with Gasteiger partial charge >= 0.3 is 0 Å². The molecule has 1 N–H and O–H groups in total. The van der Waals surface area contributed by atoms with Gasteiger partial charge in [0.2, 0.25) is 0 Å². The summed E-state index contributed by atoms with van der Waals surface area (Å²) >= 11 is 0. The molecule has 146 valence electrons. The second-order valence-corrected chi connectivity index (χ2v) is 6.07. The summed E-state index contributed by atoms with van der Waals surface area (Å²) in [6, 6.07) is 14.7. The fraction of sp³-hybridized carbons (Fsp3) is 0.190. The van der Waals surface area contributed by atoms with Crippen LogP contribution in [0.25, 0.3) is 11.0 Å². The number of nitriles is 1. The summed E-state index contributed by atoms with van der Waals surface area (Å²) in [6.07, 6.45) is 1.21. The number of aryl methyl sites for hydroxylation is 1. The van der Waals surface area contributed by atoms with Crippen molar-refractivity contribution < 1.29 is 14.3 Å². The molecule has 0 aliphatic rings. The number of aromatic nitrogens is 2. The van der Waals surface area contributed by atoms with E-state index < -0.39 is 5.91 Å². The van der Waals surface area contributed by atoms with E-state index in [0.717, 1.165) is 22.4 Å². The second kappa shape index (κ2) is 9.28. The summed E-state index contributed by atoms with van der Waals surface area (Å²) in [5.74, 6) is 0.596. The average molecular weight is 389 g/mol. The molecule has 3 rings (SSSR count). The minimum absolute atomic E-state index is 0.246. The van der Waals surface area contributed by atoms with Crippen LogP contribution in [0, 0.1) is 18.3 Å². The molecular weight excluding hydrogens is 370 g/mol. The maximum atomic E-state index is 11.2. The number of methoxy groups -OCH3 is 1. The van der Waals surface area contributed by atoms with Crippen LogP contribution in [0.4, 0.5) is 0 Å². The number of ether oxygens (including phenoxy) is 2. The average Bonchev–Trinajstić information content (AvgIpc) is 2.72. The van der Waals surface area contributed by atoms with Crippen LogP contribution in [0.1, 0.15) is 23.4 Å². The van der Waals surface area contributed by atoms with E-state index in [4.69, 9.17) is 14.7 Å². The van der Waals surface area contributed by atoms with Crippen molar-refractivity contribution in [1.82, 2.24) is 15.4 Å². The van der Waals surface area contributed by atoms with Gasteiger partial charge in [-0.1, -0.05) is 12.1 Å². The number of rotatable bonds is 7. The molecule has 1 aromatic heterocycles. The molecule has 0 saturated carbocycles. The molecule has 0 aliphatic carbocycles. The molecule has 0 atom stereocenters. The second-order valence-electron chi connectivity index (χ2n) is 6.07. The topological polar surface area (TPSA) is 109 Å². The monoisotopic (exact) mass is 389 g/mol. The number of benzene rings is 2. The maximum absolute atomic E-state index is 11.2. The van der Waals surface area contributed by atoms with Crippen molar-refractivity contribution in [3.8, 4) is 17.6 Å². The van der Waals surface area contributed by atoms with E-state index >= 15 is 0 Å². The highest BCUT2D eigenvalue weighted by molar-refractivity contribution is 5.83. The standard InChI is InChI=1S/C21H19N5O3/c1-14-18(25-17-6-4-3-5-16(17)24-14)13-29-19-8-7-15(11-20(19)28-2)12-23-26-21(27)9-10-22/h3-8,11-12H,9,13H2,1-2H3,(H,26,27). The van der Waals surface area contributed by atoms with Crippen LogP contribution in [-0.2, 0) is 11.4 Å². The normalized spacial score (nSPS) is 10.7. The van der Waals surface area contributed by atoms with Gasteiger partial charge in [-0.05, 0) is 42.8 Å². The number of carbonyl (C=O) groups excluding carboxylic acids is 1. The first-order chi connectivity index (χ1) is 14.1. The van der Waals surface area contributed by atoms with Crippen molar-refractivity contribution in [2.45, 2.75) is 20.0 Å². The van der Waals surface area contributed by atoms with E-state index in [1.54, 1.807) is 31.4 Å². The molecule has 8 heteroatoms. The first kappa shape index (κ1) is 19.8. The number of amides is 1. The minimum atomic E-state index is -0.470. The highest BCUT2D eigenvalue weighted by Crippen LogP contribution is 2.28. The molecule has 0 bridgehead atoms. The van der Waals surface area contributed by atoms with Crippen LogP contribution in [0.5, 0.6) is 11.5 Å². The van der Waals surface area contributed by atoms with Gasteiger partial charge in [0, 0.05) is 0 Å². The first-order valence-corrected chi connectivity index (χ1v) is 8.82. The Morgan fingerprint density at radius 2 is 1.97 bits per heavy atom. The van der Waals surface area contributed by atoms with E-state index in [2.05, 4.69) is 20.5 Å². The molecule has 0 spiro atoms. The Labute approximate surface area is 167 Å². The molecular formula is C21H19N5O3. The smallest absolute Gasteiger partial charge is 0.254 e. The molecule has 1 heterocycles. The fourth-order valence-electron chi connectivity index (χ4n) is 2.58. The predicted molar refractivity (Wildman–Crippen MR) is 108 cm³/mol. The van der Waals surface area contributed by atoms with Crippen molar-refractivity contribution in [1.29, 1.82) is 5.26 Å². The Morgan fingerprint density at radius 1 is 1.21 bits per heavy atom. The van der Waals surface area contributed by atoms with Gasteiger partial charge in [-0.2, -0.15) is 10.4 Å². The molecule has 1 amide bonds. The molecule has 0 aliphatic heterocycles. The summed E-state index contributed by atoms with van der Waals surface area (Å²) in [7, 11) is 1.54. The minimum Gasteiger partial charge on any atom is -0.493 e. The van der Waals surface area contributed by atoms with Crippen LogP contribution in [0.3, 0.4) is 0 Å². The van der Waals surface area contributed by atoms with E-state index in [1.807, 2.05) is 31.2 Å². The third-order valence-electron chi connectivity index (χ3n) is 4.04. The number of nitrogens with one attached hydrogen (secondary N) is 1. The van der Waals surface area contributed by atoms with Gasteiger partial charge in [0.15, 0.2) is 11.5 Å². The summed E-state index contributed by atoms with van der Waals surface area (Å²) < 4.78 is 11.3. The van der Waals surface area contributed by atoms with Gasteiger partial charge < -0.3 is 9.47 Å². The summed E-state index contributed by atoms with van der Waals surface area (Å²) in [5.41, 5.74) is 6.18. The maximum Gasteiger partial charge on any atom is 0.254 e. The third kappa shape index (κ3) is 5.05. The van der Waals surface area contributed by atoms with Crippen LogP contribution >= 0.6 is 0 Å². The largest absolute Gasteiger partial charge is 0.493 e. The number of hydrogen-bond donors (Lipinski definition) is 1. The van der Waals surface area contributed by atoms with Crippen molar-refractivity contribution in [3.05, 3.63) is 59.4 Å². The Hall–Kier alpha value is -3.99. The molecule has 3 aromatic rings. The lowest BCUT2D eigenvalue weighted by Crippen LogP contribution is -2.16. The highest BCUT2D eigenvalue weighted by atomic mass is 16.5. The van der Waals surface area contributed by atoms with Gasteiger partial charge in [0.05, 0.1) is 41.8 Å². The number of fused-ring (bicyclic) bond motifs is 1. The molecule has 29 heavy (non-hydrogen) atoms. The van der Waals surface area contributed by atoms with Crippen LogP contribution < -0.4 is 14.9 Å². The van der Waals surface area contributed by atoms with E-state index in [1.165, 1.54) is 6.21 Å². The number of carbonyl (C=O) groups is 1. The number of para-hydroxylation sites is 2. The van der Waals surface area contributed by atoms with Crippen LogP contribution in [0.2, 0.25) is 0 Å². The number of hydrazone groups is 1. The van der Waals surface area contributed by atoms with Crippen molar-refractivity contribution >= 4 is 23.2 Å². The fourth-order valence-corrected chi connectivity index (χ4v) is 2.58. The quantitative estimate of drug-likeness (QED) is 0.491. The van der Waals surface area contributed by atoms with Crippen molar-refractivity contribution in [2.24, 2.45) is 5.10 Å². The SMILES string of the molecule is COc1cc(C=NNC(=O)CC#N)ccc1OCc1nc2ccccc2nc1C. The molecule has 0 saturated heterocycles. The molecule has 8 nitrogen and oxygen atoms in total. The Bertz CT molecular complexity index is 1110.